The van der Waals surface area contributed by atoms with Crippen molar-refractivity contribution in [1.82, 2.24) is 25.1 Å². The number of hydrogen-bond donors (Lipinski definition) is 2. The van der Waals surface area contributed by atoms with Crippen molar-refractivity contribution in [3.05, 3.63) is 79.1 Å². The number of benzene rings is 3. The van der Waals surface area contributed by atoms with Gasteiger partial charge in [-0.2, -0.15) is 5.10 Å². The maximum atomic E-state index is 4.81. The number of H-pyrrole nitrogens is 2. The highest BCUT2D eigenvalue weighted by Crippen LogP contribution is 2.28. The Labute approximate surface area is 160 Å². The number of aromatic nitrogens is 5. The van der Waals surface area contributed by atoms with Crippen LogP contribution in [0, 0.1) is 0 Å². The number of nitrogens with one attached hydrogen (secondary N) is 2. The van der Waals surface area contributed by atoms with Crippen LogP contribution in [0.4, 0.5) is 0 Å². The quantitative estimate of drug-likeness (QED) is 0.438. The Hall–Kier alpha value is -3.99. The Morgan fingerprint density at radius 3 is 2.50 bits per heavy atom. The summed E-state index contributed by atoms with van der Waals surface area (Å²) in [7, 11) is 0. The molecule has 6 aromatic rings. The first-order chi connectivity index (χ1) is 13.8. The summed E-state index contributed by atoms with van der Waals surface area (Å²) in [5, 5.41) is 10.5. The van der Waals surface area contributed by atoms with E-state index in [4.69, 9.17) is 4.98 Å². The second kappa shape index (κ2) is 5.76. The molecule has 5 heteroatoms. The van der Waals surface area contributed by atoms with Crippen LogP contribution in [0.25, 0.3) is 55.4 Å². The van der Waals surface area contributed by atoms with Crippen LogP contribution in [0.5, 0.6) is 0 Å². The first kappa shape index (κ1) is 15.1. The average molecular weight is 361 g/mol. The molecule has 132 valence electrons. The highest BCUT2D eigenvalue weighted by molar-refractivity contribution is 5.89. The van der Waals surface area contributed by atoms with Crippen LogP contribution in [0.3, 0.4) is 0 Å². The summed E-state index contributed by atoms with van der Waals surface area (Å²) in [6.45, 7) is 0. The molecule has 3 aromatic carbocycles. The largest absolute Gasteiger partial charge is 0.338 e. The van der Waals surface area contributed by atoms with Crippen LogP contribution in [-0.4, -0.2) is 25.1 Å². The van der Waals surface area contributed by atoms with Gasteiger partial charge in [0, 0.05) is 28.1 Å². The Balaban J connectivity index is 1.45. The van der Waals surface area contributed by atoms with Gasteiger partial charge >= 0.3 is 0 Å². The molecule has 0 radical (unpaired) electrons. The molecule has 28 heavy (non-hydrogen) atoms. The number of fused-ring (bicyclic) bond motifs is 3. The summed E-state index contributed by atoms with van der Waals surface area (Å²) >= 11 is 0. The number of rotatable bonds is 2. The minimum absolute atomic E-state index is 0.849. The minimum Gasteiger partial charge on any atom is -0.338 e. The smallest absolute Gasteiger partial charge is 0.138 e. The van der Waals surface area contributed by atoms with Crippen molar-refractivity contribution in [2.45, 2.75) is 0 Å². The summed E-state index contributed by atoms with van der Waals surface area (Å²) < 4.78 is 0. The van der Waals surface area contributed by atoms with Gasteiger partial charge in [-0.3, -0.25) is 10.1 Å². The van der Waals surface area contributed by atoms with Gasteiger partial charge in [0.25, 0.3) is 0 Å². The van der Waals surface area contributed by atoms with Gasteiger partial charge in [0.1, 0.15) is 5.82 Å². The van der Waals surface area contributed by atoms with Crippen molar-refractivity contribution < 1.29 is 0 Å². The van der Waals surface area contributed by atoms with Gasteiger partial charge in [-0.25, -0.2) is 4.98 Å². The van der Waals surface area contributed by atoms with Crippen molar-refractivity contribution >= 4 is 32.7 Å². The van der Waals surface area contributed by atoms with E-state index in [2.05, 4.69) is 62.6 Å². The van der Waals surface area contributed by atoms with E-state index in [1.807, 2.05) is 36.7 Å². The van der Waals surface area contributed by atoms with E-state index in [1.165, 1.54) is 5.39 Å². The number of hydrogen-bond acceptors (Lipinski definition) is 3. The lowest BCUT2D eigenvalue weighted by Crippen LogP contribution is -1.84. The standard InChI is InChI=1S/C23H15N5/c1-2-4-17-12-24-21(10-14(17)3-1)15-5-8-20-22(11-15)27-23(26-20)16-6-7-19-18(9-16)13-25-28-19/h1-13H,(H,25,28)(H,26,27). The fraction of sp³-hybridized carbons (Fsp3) is 0. The number of aromatic amines is 2. The molecule has 0 aliphatic carbocycles. The molecule has 5 nitrogen and oxygen atoms in total. The molecular weight excluding hydrogens is 346 g/mol. The molecule has 2 N–H and O–H groups in total. The molecular formula is C23H15N5. The van der Waals surface area contributed by atoms with Crippen molar-refractivity contribution in [2.24, 2.45) is 0 Å². The third-order valence-electron chi connectivity index (χ3n) is 5.12. The van der Waals surface area contributed by atoms with Crippen LogP contribution in [0.1, 0.15) is 0 Å². The molecule has 3 heterocycles. The Morgan fingerprint density at radius 1 is 0.679 bits per heavy atom. The average Bonchev–Trinajstić information content (AvgIpc) is 3.39. The van der Waals surface area contributed by atoms with E-state index >= 15 is 0 Å². The molecule has 0 unspecified atom stereocenters. The number of imidazole rings is 1. The minimum atomic E-state index is 0.849. The zero-order valence-corrected chi connectivity index (χ0v) is 14.8. The molecule has 0 aliphatic rings. The third kappa shape index (κ3) is 2.37. The zero-order chi connectivity index (χ0) is 18.5. The van der Waals surface area contributed by atoms with Crippen LogP contribution < -0.4 is 0 Å². The molecule has 0 amide bonds. The van der Waals surface area contributed by atoms with Crippen LogP contribution in [0.15, 0.2) is 79.1 Å². The fourth-order valence-corrected chi connectivity index (χ4v) is 3.63. The van der Waals surface area contributed by atoms with E-state index in [-0.39, 0.29) is 0 Å². The summed E-state index contributed by atoms with van der Waals surface area (Å²) in [6, 6.07) is 22.8. The van der Waals surface area contributed by atoms with Crippen LogP contribution in [0.2, 0.25) is 0 Å². The first-order valence-corrected chi connectivity index (χ1v) is 9.12. The van der Waals surface area contributed by atoms with Crippen molar-refractivity contribution in [3.8, 4) is 22.6 Å². The Morgan fingerprint density at radius 2 is 1.54 bits per heavy atom. The van der Waals surface area contributed by atoms with Gasteiger partial charge in [-0.05, 0) is 41.8 Å². The molecule has 0 bridgehead atoms. The fourth-order valence-electron chi connectivity index (χ4n) is 3.63. The van der Waals surface area contributed by atoms with Crippen LogP contribution >= 0.6 is 0 Å². The monoisotopic (exact) mass is 361 g/mol. The number of nitrogens with zero attached hydrogens (tertiary/aromatic N) is 3. The summed E-state index contributed by atoms with van der Waals surface area (Å²) in [5.41, 5.74) is 5.99. The number of pyridine rings is 1. The van der Waals surface area contributed by atoms with Gasteiger partial charge in [-0.1, -0.05) is 30.3 Å². The topological polar surface area (TPSA) is 70.2 Å². The molecule has 0 aliphatic heterocycles. The predicted molar refractivity (Wildman–Crippen MR) is 112 cm³/mol. The van der Waals surface area contributed by atoms with Crippen molar-refractivity contribution in [1.29, 1.82) is 0 Å². The van der Waals surface area contributed by atoms with E-state index in [1.54, 1.807) is 0 Å². The summed E-state index contributed by atoms with van der Waals surface area (Å²) in [4.78, 5) is 12.9. The van der Waals surface area contributed by atoms with Gasteiger partial charge < -0.3 is 4.98 Å². The normalized spacial score (nSPS) is 11.6. The maximum Gasteiger partial charge on any atom is 0.138 e. The molecule has 0 saturated carbocycles. The molecule has 6 rings (SSSR count). The molecule has 3 aromatic heterocycles. The van der Waals surface area contributed by atoms with E-state index in [0.29, 0.717) is 0 Å². The van der Waals surface area contributed by atoms with Gasteiger partial charge in [0.15, 0.2) is 0 Å². The van der Waals surface area contributed by atoms with E-state index in [9.17, 15) is 0 Å². The van der Waals surface area contributed by atoms with E-state index in [0.717, 1.165) is 50.0 Å². The van der Waals surface area contributed by atoms with Crippen molar-refractivity contribution in [3.63, 3.8) is 0 Å². The maximum absolute atomic E-state index is 4.81. The second-order valence-electron chi connectivity index (χ2n) is 6.91. The second-order valence-corrected chi connectivity index (χ2v) is 6.91. The lowest BCUT2D eigenvalue weighted by molar-refractivity contribution is 1.12. The molecule has 0 atom stereocenters. The molecule has 0 saturated heterocycles. The Bertz CT molecular complexity index is 1470. The molecule has 0 fully saturated rings. The van der Waals surface area contributed by atoms with Gasteiger partial charge in [0.05, 0.1) is 28.4 Å². The summed E-state index contributed by atoms with van der Waals surface area (Å²) in [5.74, 6) is 0.849. The zero-order valence-electron chi connectivity index (χ0n) is 14.8. The third-order valence-corrected chi connectivity index (χ3v) is 5.12. The van der Waals surface area contributed by atoms with E-state index < -0.39 is 0 Å². The van der Waals surface area contributed by atoms with Gasteiger partial charge in [-0.15, -0.1) is 0 Å². The first-order valence-electron chi connectivity index (χ1n) is 9.12. The summed E-state index contributed by atoms with van der Waals surface area (Å²) in [6.07, 6.45) is 3.75. The Kier molecular flexibility index (Phi) is 3.10. The highest BCUT2D eigenvalue weighted by atomic mass is 15.1. The highest BCUT2D eigenvalue weighted by Gasteiger charge is 2.09. The van der Waals surface area contributed by atoms with Crippen LogP contribution in [-0.2, 0) is 0 Å². The predicted octanol–water partition coefficient (Wildman–Crippen LogP) is 5.32. The van der Waals surface area contributed by atoms with Gasteiger partial charge in [0.2, 0.25) is 0 Å². The lowest BCUT2D eigenvalue weighted by atomic mass is 10.1. The lowest BCUT2D eigenvalue weighted by Gasteiger charge is -2.03. The SMILES string of the molecule is c1ccc2cc(-c3ccc4[nH]c(-c5ccc6[nH]ncc6c5)nc4c3)ncc2c1. The molecule has 0 spiro atoms. The van der Waals surface area contributed by atoms with Crippen molar-refractivity contribution in [2.75, 3.05) is 0 Å².